The Morgan fingerprint density at radius 1 is 0.977 bits per heavy atom. The van der Waals surface area contributed by atoms with Crippen molar-refractivity contribution in [3.8, 4) is 17.4 Å². The molecule has 5 aliphatic rings. The number of piperidine rings is 1. The molecule has 6 heterocycles. The summed E-state index contributed by atoms with van der Waals surface area (Å²) in [6.45, 7) is 6.30. The van der Waals surface area contributed by atoms with Gasteiger partial charge in [0.2, 0.25) is 24.5 Å². The SMILES string of the molecule is CC(=O)N1CCOCCOc2cccc(n2)C(=O)N[C@@H]2C[C@@H](C(=O)N3CCC(CC3)C1)N(Cc1ccc3c(c1)OCO3)C2. The summed E-state index contributed by atoms with van der Waals surface area (Å²) < 4.78 is 22.5. The van der Waals surface area contributed by atoms with Gasteiger partial charge in [0.15, 0.2) is 11.5 Å². The molecule has 7 rings (SSSR count). The van der Waals surface area contributed by atoms with Crippen LogP contribution in [0.4, 0.5) is 0 Å². The fourth-order valence-corrected chi connectivity index (χ4v) is 6.31. The third-order valence-electron chi connectivity index (χ3n) is 8.64. The fraction of sp³-hybridized carbons (Fsp3) is 0.548. The Kier molecular flexibility index (Phi) is 8.94. The van der Waals surface area contributed by atoms with Gasteiger partial charge in [0.1, 0.15) is 12.3 Å². The molecule has 2 atom stereocenters. The lowest BCUT2D eigenvalue weighted by molar-refractivity contribution is -0.138. The maximum atomic E-state index is 14.0. The minimum atomic E-state index is -0.380. The highest BCUT2D eigenvalue weighted by Gasteiger charge is 2.40. The van der Waals surface area contributed by atoms with Gasteiger partial charge in [-0.2, -0.15) is 0 Å². The third kappa shape index (κ3) is 7.02. The van der Waals surface area contributed by atoms with Crippen molar-refractivity contribution in [1.29, 1.82) is 0 Å². The van der Waals surface area contributed by atoms with Crippen molar-refractivity contribution >= 4 is 17.7 Å². The molecule has 43 heavy (non-hydrogen) atoms. The summed E-state index contributed by atoms with van der Waals surface area (Å²) in [7, 11) is 0. The summed E-state index contributed by atoms with van der Waals surface area (Å²) in [5, 5.41) is 3.11. The van der Waals surface area contributed by atoms with Crippen LogP contribution in [0.25, 0.3) is 0 Å². The Hall–Kier alpha value is -3.90. The number of nitrogens with zero attached hydrogens (tertiary/aromatic N) is 4. The molecule has 1 aromatic heterocycles. The standard InChI is InChI=1S/C31H39N5O7/c1-21(37)35-11-12-40-13-14-41-29-4-2-3-25(33-29)30(38)32-24-16-26(31(39)34-9-7-22(17-35)8-10-34)36(19-24)18-23-5-6-27-28(15-23)43-20-42-27/h2-6,15,22,24,26H,7-14,16-20H2,1H3,(H,32,38)/t24-,26+/m1/s1. The predicted octanol–water partition coefficient (Wildman–Crippen LogP) is 1.68. The first-order valence-electron chi connectivity index (χ1n) is 15.1. The van der Waals surface area contributed by atoms with Crippen LogP contribution >= 0.6 is 0 Å². The molecule has 2 saturated heterocycles. The summed E-state index contributed by atoms with van der Waals surface area (Å²) in [6.07, 6.45) is 2.17. The van der Waals surface area contributed by atoms with E-state index in [1.165, 1.54) is 0 Å². The van der Waals surface area contributed by atoms with E-state index in [1.54, 1.807) is 25.1 Å². The van der Waals surface area contributed by atoms with Crippen molar-refractivity contribution in [1.82, 2.24) is 25.0 Å². The first kappa shape index (κ1) is 29.2. The molecule has 2 fully saturated rings. The van der Waals surface area contributed by atoms with E-state index in [0.717, 1.165) is 18.4 Å². The van der Waals surface area contributed by atoms with E-state index in [9.17, 15) is 14.4 Å². The molecule has 6 bridgehead atoms. The lowest BCUT2D eigenvalue weighted by Crippen LogP contribution is -2.49. The molecule has 0 aliphatic carbocycles. The number of amides is 3. The third-order valence-corrected chi connectivity index (χ3v) is 8.64. The average molecular weight is 594 g/mol. The highest BCUT2D eigenvalue weighted by atomic mass is 16.7. The van der Waals surface area contributed by atoms with Gasteiger partial charge in [-0.15, -0.1) is 0 Å². The van der Waals surface area contributed by atoms with Crippen LogP contribution in [0.1, 0.15) is 42.2 Å². The monoisotopic (exact) mass is 593 g/mol. The van der Waals surface area contributed by atoms with Crippen LogP contribution in [-0.2, 0) is 20.9 Å². The van der Waals surface area contributed by atoms with Crippen LogP contribution in [0.3, 0.4) is 0 Å². The Balaban J connectivity index is 1.21. The topological polar surface area (TPSA) is 123 Å². The molecule has 230 valence electrons. The number of ether oxygens (including phenoxy) is 4. The van der Waals surface area contributed by atoms with Crippen molar-refractivity contribution in [2.75, 3.05) is 59.3 Å². The Morgan fingerprint density at radius 2 is 1.81 bits per heavy atom. The molecule has 0 unspecified atom stereocenters. The number of carbonyl (C=O) groups excluding carboxylic acids is 3. The van der Waals surface area contributed by atoms with Gasteiger partial charge in [0.05, 0.1) is 19.3 Å². The number of likely N-dealkylation sites (tertiary alicyclic amines) is 1. The molecule has 5 aliphatic heterocycles. The molecule has 1 N–H and O–H groups in total. The van der Waals surface area contributed by atoms with Gasteiger partial charge in [-0.25, -0.2) is 4.98 Å². The molecule has 3 amide bonds. The number of fused-ring (bicyclic) bond motifs is 11. The number of nitrogens with one attached hydrogen (secondary N) is 1. The second kappa shape index (κ2) is 13.2. The van der Waals surface area contributed by atoms with Gasteiger partial charge in [0, 0.05) is 58.3 Å². The summed E-state index contributed by atoms with van der Waals surface area (Å²) in [4.78, 5) is 49.9. The predicted molar refractivity (Wildman–Crippen MR) is 155 cm³/mol. The molecular formula is C31H39N5O7. The minimum absolute atomic E-state index is 0.0195. The summed E-state index contributed by atoms with van der Waals surface area (Å²) in [5.74, 6) is 1.86. The first-order chi connectivity index (χ1) is 20.9. The minimum Gasteiger partial charge on any atom is -0.475 e. The van der Waals surface area contributed by atoms with E-state index in [1.807, 2.05) is 28.0 Å². The number of rotatable bonds is 2. The van der Waals surface area contributed by atoms with E-state index in [2.05, 4.69) is 15.2 Å². The highest BCUT2D eigenvalue weighted by Crippen LogP contribution is 2.34. The Labute approximate surface area is 251 Å². The zero-order valence-corrected chi connectivity index (χ0v) is 24.5. The van der Waals surface area contributed by atoms with Crippen LogP contribution in [0, 0.1) is 5.92 Å². The maximum absolute atomic E-state index is 14.0. The normalized spacial score (nSPS) is 25.2. The summed E-state index contributed by atoms with van der Waals surface area (Å²) >= 11 is 0. The van der Waals surface area contributed by atoms with Gasteiger partial charge in [-0.05, 0) is 48.9 Å². The van der Waals surface area contributed by atoms with Crippen molar-refractivity contribution in [3.63, 3.8) is 0 Å². The summed E-state index contributed by atoms with van der Waals surface area (Å²) in [6, 6.07) is 10.3. The number of carbonyl (C=O) groups is 3. The summed E-state index contributed by atoms with van der Waals surface area (Å²) in [5.41, 5.74) is 1.26. The average Bonchev–Trinajstić information content (AvgIpc) is 3.64. The molecule has 1 aromatic carbocycles. The van der Waals surface area contributed by atoms with E-state index >= 15 is 0 Å². The number of pyridine rings is 1. The second-order valence-corrected chi connectivity index (χ2v) is 11.6. The Morgan fingerprint density at radius 3 is 2.65 bits per heavy atom. The molecule has 0 spiro atoms. The van der Waals surface area contributed by atoms with Crippen molar-refractivity contribution < 1.29 is 33.3 Å². The number of hydrogen-bond donors (Lipinski definition) is 1. The molecular weight excluding hydrogens is 554 g/mol. The zero-order valence-electron chi connectivity index (χ0n) is 24.5. The fourth-order valence-electron chi connectivity index (χ4n) is 6.31. The molecule has 2 aromatic rings. The number of aromatic nitrogens is 1. The smallest absolute Gasteiger partial charge is 0.270 e. The molecule has 0 radical (unpaired) electrons. The number of hydrogen-bond acceptors (Lipinski definition) is 9. The molecule has 0 saturated carbocycles. The second-order valence-electron chi connectivity index (χ2n) is 11.6. The van der Waals surface area contributed by atoms with Crippen LogP contribution in [-0.4, -0.2) is 109 Å². The van der Waals surface area contributed by atoms with Crippen LogP contribution < -0.4 is 19.5 Å². The van der Waals surface area contributed by atoms with Gasteiger partial charge < -0.3 is 34.1 Å². The van der Waals surface area contributed by atoms with Crippen molar-refractivity contribution in [2.45, 2.75) is 44.8 Å². The van der Waals surface area contributed by atoms with E-state index in [0.29, 0.717) is 82.2 Å². The van der Waals surface area contributed by atoms with Crippen molar-refractivity contribution in [3.05, 3.63) is 47.7 Å². The van der Waals surface area contributed by atoms with Crippen LogP contribution in [0.2, 0.25) is 0 Å². The lowest BCUT2D eigenvalue weighted by Gasteiger charge is -2.37. The first-order valence-corrected chi connectivity index (χ1v) is 15.1. The van der Waals surface area contributed by atoms with Crippen LogP contribution in [0.15, 0.2) is 36.4 Å². The lowest BCUT2D eigenvalue weighted by atomic mass is 9.95. The van der Waals surface area contributed by atoms with Gasteiger partial charge in [0.25, 0.3) is 5.91 Å². The van der Waals surface area contributed by atoms with Gasteiger partial charge >= 0.3 is 0 Å². The van der Waals surface area contributed by atoms with Crippen LogP contribution in [0.5, 0.6) is 17.4 Å². The van der Waals surface area contributed by atoms with E-state index in [4.69, 9.17) is 18.9 Å². The quantitative estimate of drug-likeness (QED) is 0.518. The molecule has 12 heteroatoms. The molecule has 12 nitrogen and oxygen atoms in total. The van der Waals surface area contributed by atoms with E-state index < -0.39 is 0 Å². The van der Waals surface area contributed by atoms with Gasteiger partial charge in [-0.1, -0.05) is 12.1 Å². The largest absolute Gasteiger partial charge is 0.475 e. The number of benzene rings is 1. The van der Waals surface area contributed by atoms with Gasteiger partial charge in [-0.3, -0.25) is 19.3 Å². The van der Waals surface area contributed by atoms with E-state index in [-0.39, 0.29) is 48.9 Å². The highest BCUT2D eigenvalue weighted by molar-refractivity contribution is 5.92. The van der Waals surface area contributed by atoms with Crippen molar-refractivity contribution in [2.24, 2.45) is 5.92 Å². The Bertz CT molecular complexity index is 1330. The maximum Gasteiger partial charge on any atom is 0.270 e. The zero-order chi connectivity index (χ0) is 29.8.